The van der Waals surface area contributed by atoms with E-state index in [0.717, 1.165) is 32.4 Å². The third-order valence-electron chi connectivity index (χ3n) is 3.83. The van der Waals surface area contributed by atoms with Gasteiger partial charge in [0.1, 0.15) is 0 Å². The molecule has 1 aromatic rings. The van der Waals surface area contributed by atoms with Gasteiger partial charge in [0.05, 0.1) is 5.75 Å². The normalized spacial score (nSPS) is 20.0. The average molecular weight is 316 g/mol. The minimum absolute atomic E-state index is 0.0104. The van der Waals surface area contributed by atoms with Crippen LogP contribution >= 0.6 is 11.3 Å². The summed E-state index contributed by atoms with van der Waals surface area (Å²) in [6, 6.07) is 2.06. The Kier molecular flexibility index (Phi) is 5.60. The Balaban J connectivity index is 1.93. The Bertz CT molecular complexity index is 525. The standard InChI is InChI=1S/C14H24N2O2S2/c1-3-15-8-4-5-11-20(17,18)16-9-6-14-13(12(16)2)7-10-19-14/h7,10,12,15H,3-6,8-9,11H2,1-2H3. The lowest BCUT2D eigenvalue weighted by Gasteiger charge is -2.32. The van der Waals surface area contributed by atoms with Crippen LogP contribution in [0, 0.1) is 0 Å². The van der Waals surface area contributed by atoms with Crippen LogP contribution in [0.4, 0.5) is 0 Å². The van der Waals surface area contributed by atoms with E-state index in [4.69, 9.17) is 0 Å². The van der Waals surface area contributed by atoms with E-state index in [2.05, 4.69) is 23.7 Å². The second-order valence-electron chi connectivity index (χ2n) is 5.21. The summed E-state index contributed by atoms with van der Waals surface area (Å²) in [6.45, 7) is 6.53. The maximum absolute atomic E-state index is 12.5. The number of thiophene rings is 1. The first-order valence-electron chi connectivity index (χ1n) is 7.32. The molecule has 2 rings (SSSR count). The van der Waals surface area contributed by atoms with Crippen molar-refractivity contribution in [2.45, 2.75) is 39.2 Å². The molecule has 1 unspecified atom stereocenters. The molecule has 4 nitrogen and oxygen atoms in total. The van der Waals surface area contributed by atoms with E-state index in [0.29, 0.717) is 6.54 Å². The van der Waals surface area contributed by atoms with Crippen LogP contribution in [0.25, 0.3) is 0 Å². The van der Waals surface area contributed by atoms with E-state index in [9.17, 15) is 8.42 Å². The number of sulfonamides is 1. The molecule has 0 bridgehead atoms. The van der Waals surface area contributed by atoms with E-state index in [1.54, 1.807) is 15.6 Å². The second kappa shape index (κ2) is 7.02. The maximum atomic E-state index is 12.5. The Labute approximate surface area is 126 Å². The van der Waals surface area contributed by atoms with Crippen LogP contribution in [0.1, 0.15) is 43.2 Å². The van der Waals surface area contributed by atoms with Gasteiger partial charge in [-0.25, -0.2) is 8.42 Å². The van der Waals surface area contributed by atoms with Gasteiger partial charge in [0.15, 0.2) is 0 Å². The topological polar surface area (TPSA) is 49.4 Å². The summed E-state index contributed by atoms with van der Waals surface area (Å²) in [5, 5.41) is 5.29. The fraction of sp³-hybridized carbons (Fsp3) is 0.714. The number of unbranched alkanes of at least 4 members (excludes halogenated alkanes) is 1. The second-order valence-corrected chi connectivity index (χ2v) is 8.25. The van der Waals surface area contributed by atoms with Gasteiger partial charge >= 0.3 is 0 Å². The van der Waals surface area contributed by atoms with Gasteiger partial charge in [-0.1, -0.05) is 6.92 Å². The van der Waals surface area contributed by atoms with Crippen LogP contribution in [0.5, 0.6) is 0 Å². The van der Waals surface area contributed by atoms with Crippen molar-refractivity contribution < 1.29 is 8.42 Å². The van der Waals surface area contributed by atoms with E-state index < -0.39 is 10.0 Å². The van der Waals surface area contributed by atoms with Crippen LogP contribution in [-0.2, 0) is 16.4 Å². The first kappa shape index (κ1) is 15.9. The van der Waals surface area contributed by atoms with E-state index >= 15 is 0 Å². The molecule has 0 fully saturated rings. The molecule has 1 N–H and O–H groups in total. The molecule has 1 aromatic heterocycles. The fourth-order valence-electron chi connectivity index (χ4n) is 2.69. The predicted octanol–water partition coefficient (Wildman–Crippen LogP) is 2.39. The fourth-order valence-corrected chi connectivity index (χ4v) is 5.43. The molecule has 0 spiro atoms. The highest BCUT2D eigenvalue weighted by atomic mass is 32.2. The van der Waals surface area contributed by atoms with Crippen LogP contribution < -0.4 is 5.32 Å². The van der Waals surface area contributed by atoms with E-state index in [1.165, 1.54) is 10.4 Å². The summed E-state index contributed by atoms with van der Waals surface area (Å²) in [6.07, 6.45) is 2.50. The van der Waals surface area contributed by atoms with Crippen molar-refractivity contribution in [2.75, 3.05) is 25.4 Å². The number of hydrogen-bond acceptors (Lipinski definition) is 4. The van der Waals surface area contributed by atoms with Crippen molar-refractivity contribution in [2.24, 2.45) is 0 Å². The lowest BCUT2D eigenvalue weighted by Crippen LogP contribution is -2.39. The zero-order valence-electron chi connectivity index (χ0n) is 12.3. The summed E-state index contributed by atoms with van der Waals surface area (Å²) in [5.74, 6) is 0.266. The Hall–Kier alpha value is -0.430. The molecule has 2 heterocycles. The van der Waals surface area contributed by atoms with Crippen molar-refractivity contribution in [1.29, 1.82) is 0 Å². The molecule has 1 aliphatic heterocycles. The molecule has 0 aromatic carbocycles. The first-order valence-corrected chi connectivity index (χ1v) is 9.81. The number of rotatable bonds is 7. The molecule has 0 radical (unpaired) electrons. The molecular formula is C14H24N2O2S2. The molecule has 6 heteroatoms. The highest BCUT2D eigenvalue weighted by Gasteiger charge is 2.32. The van der Waals surface area contributed by atoms with Crippen molar-refractivity contribution in [1.82, 2.24) is 9.62 Å². The van der Waals surface area contributed by atoms with Gasteiger partial charge in [-0.15, -0.1) is 11.3 Å². The third kappa shape index (κ3) is 3.61. The molecule has 1 aliphatic rings. The van der Waals surface area contributed by atoms with Crippen LogP contribution in [-0.4, -0.2) is 38.1 Å². The summed E-state index contributed by atoms with van der Waals surface area (Å²) in [4.78, 5) is 1.34. The third-order valence-corrected chi connectivity index (χ3v) is 6.85. The number of hydrogen-bond donors (Lipinski definition) is 1. The van der Waals surface area contributed by atoms with Crippen LogP contribution in [0.2, 0.25) is 0 Å². The zero-order valence-corrected chi connectivity index (χ0v) is 13.9. The summed E-state index contributed by atoms with van der Waals surface area (Å²) >= 11 is 1.74. The minimum Gasteiger partial charge on any atom is -0.317 e. The molecular weight excluding hydrogens is 292 g/mol. The number of nitrogens with zero attached hydrogens (tertiary/aromatic N) is 1. The van der Waals surface area contributed by atoms with Gasteiger partial charge in [-0.3, -0.25) is 0 Å². The van der Waals surface area contributed by atoms with Crippen LogP contribution in [0.15, 0.2) is 11.4 Å². The molecule has 0 saturated carbocycles. The highest BCUT2D eigenvalue weighted by molar-refractivity contribution is 7.89. The van der Waals surface area contributed by atoms with Gasteiger partial charge < -0.3 is 5.32 Å². The summed E-state index contributed by atoms with van der Waals surface area (Å²) in [5.41, 5.74) is 1.19. The van der Waals surface area contributed by atoms with Crippen molar-refractivity contribution in [3.8, 4) is 0 Å². The van der Waals surface area contributed by atoms with Gasteiger partial charge in [0.2, 0.25) is 10.0 Å². The minimum atomic E-state index is -3.13. The monoisotopic (exact) mass is 316 g/mol. The maximum Gasteiger partial charge on any atom is 0.214 e. The molecule has 114 valence electrons. The molecule has 0 amide bonds. The zero-order chi connectivity index (χ0) is 14.6. The SMILES string of the molecule is CCNCCCCS(=O)(=O)N1CCc2sccc2C1C. The number of nitrogens with one attached hydrogen (secondary N) is 1. The molecule has 0 saturated heterocycles. The average Bonchev–Trinajstić information content (AvgIpc) is 2.88. The van der Waals surface area contributed by atoms with Crippen molar-refractivity contribution >= 4 is 21.4 Å². The number of fused-ring (bicyclic) bond motifs is 1. The van der Waals surface area contributed by atoms with Crippen LogP contribution in [0.3, 0.4) is 0 Å². The Morgan fingerprint density at radius 1 is 1.45 bits per heavy atom. The van der Waals surface area contributed by atoms with Gasteiger partial charge in [-0.2, -0.15) is 4.31 Å². The molecule has 20 heavy (non-hydrogen) atoms. The Morgan fingerprint density at radius 3 is 3.00 bits per heavy atom. The predicted molar refractivity (Wildman–Crippen MR) is 84.7 cm³/mol. The summed E-state index contributed by atoms with van der Waals surface area (Å²) in [7, 11) is -3.13. The quantitative estimate of drug-likeness (QED) is 0.786. The largest absolute Gasteiger partial charge is 0.317 e. The Morgan fingerprint density at radius 2 is 2.25 bits per heavy atom. The van der Waals surface area contributed by atoms with Crippen molar-refractivity contribution in [3.63, 3.8) is 0 Å². The van der Waals surface area contributed by atoms with E-state index in [1.807, 2.05) is 6.92 Å². The van der Waals surface area contributed by atoms with Gasteiger partial charge in [0.25, 0.3) is 0 Å². The van der Waals surface area contributed by atoms with Gasteiger partial charge in [-0.05, 0) is 56.3 Å². The first-order chi connectivity index (χ1) is 9.56. The molecule has 0 aliphatic carbocycles. The molecule has 1 atom stereocenters. The highest BCUT2D eigenvalue weighted by Crippen LogP contribution is 2.34. The lowest BCUT2D eigenvalue weighted by atomic mass is 10.0. The van der Waals surface area contributed by atoms with Crippen molar-refractivity contribution in [3.05, 3.63) is 21.9 Å². The van der Waals surface area contributed by atoms with Gasteiger partial charge in [0, 0.05) is 17.5 Å². The smallest absolute Gasteiger partial charge is 0.214 e. The van der Waals surface area contributed by atoms with E-state index in [-0.39, 0.29) is 11.8 Å². The summed E-state index contributed by atoms with van der Waals surface area (Å²) < 4.78 is 26.6. The lowest BCUT2D eigenvalue weighted by molar-refractivity contribution is 0.328.